The Kier molecular flexibility index (Phi) is 4.04. The molecular weight excluding hydrogens is 184 g/mol. The van der Waals surface area contributed by atoms with E-state index in [-0.39, 0.29) is 0 Å². The van der Waals surface area contributed by atoms with Crippen LogP contribution in [-0.2, 0) is 0 Å². The van der Waals surface area contributed by atoms with Gasteiger partial charge in [0.1, 0.15) is 0 Å². The van der Waals surface area contributed by atoms with E-state index in [9.17, 15) is 0 Å². The molecule has 1 heterocycles. The Labute approximate surface area is 94.4 Å². The molecule has 0 amide bonds. The molecule has 0 aromatic carbocycles. The topological polar surface area (TPSA) is 15.3 Å². The highest BCUT2D eigenvalue weighted by molar-refractivity contribution is 4.83. The Morgan fingerprint density at radius 1 is 1.00 bits per heavy atom. The largest absolute Gasteiger partial charge is 0.313 e. The lowest BCUT2D eigenvalue weighted by Gasteiger charge is -2.38. The molecule has 0 spiro atoms. The van der Waals surface area contributed by atoms with Gasteiger partial charge < -0.3 is 5.32 Å². The molecule has 1 N–H and O–H groups in total. The standard InChI is InChI=1S/C13H26N2/c1-11-5-3-4-6-13(11)15-9-7-12(2)14-8-10-15/h11-14H,3-10H2,1-2H3. The van der Waals surface area contributed by atoms with Crippen LogP contribution < -0.4 is 5.32 Å². The maximum atomic E-state index is 3.59. The minimum Gasteiger partial charge on any atom is -0.313 e. The summed E-state index contributed by atoms with van der Waals surface area (Å²) in [5.74, 6) is 0.923. The van der Waals surface area contributed by atoms with Crippen molar-refractivity contribution in [3.8, 4) is 0 Å². The summed E-state index contributed by atoms with van der Waals surface area (Å²) < 4.78 is 0. The van der Waals surface area contributed by atoms with Gasteiger partial charge in [0.2, 0.25) is 0 Å². The summed E-state index contributed by atoms with van der Waals surface area (Å²) in [7, 11) is 0. The number of hydrogen-bond donors (Lipinski definition) is 1. The SMILES string of the molecule is CC1CCN(C2CCCCC2C)CCN1. The van der Waals surface area contributed by atoms with Crippen LogP contribution in [0.25, 0.3) is 0 Å². The van der Waals surface area contributed by atoms with E-state index in [4.69, 9.17) is 0 Å². The minimum absolute atomic E-state index is 0.717. The average Bonchev–Trinajstić information content (AvgIpc) is 2.44. The van der Waals surface area contributed by atoms with Crippen LogP contribution in [0.15, 0.2) is 0 Å². The smallest absolute Gasteiger partial charge is 0.0121 e. The van der Waals surface area contributed by atoms with Gasteiger partial charge in [-0.05, 0) is 38.6 Å². The summed E-state index contributed by atoms with van der Waals surface area (Å²) in [5, 5.41) is 3.59. The molecule has 2 aliphatic rings. The van der Waals surface area contributed by atoms with Crippen LogP contribution in [0.1, 0.15) is 46.0 Å². The molecule has 1 saturated heterocycles. The van der Waals surface area contributed by atoms with Gasteiger partial charge in [-0.25, -0.2) is 0 Å². The molecule has 1 saturated carbocycles. The zero-order chi connectivity index (χ0) is 10.7. The van der Waals surface area contributed by atoms with E-state index >= 15 is 0 Å². The lowest BCUT2D eigenvalue weighted by atomic mass is 9.85. The predicted octanol–water partition coefficient (Wildman–Crippen LogP) is 2.25. The molecule has 15 heavy (non-hydrogen) atoms. The van der Waals surface area contributed by atoms with Crippen molar-refractivity contribution >= 4 is 0 Å². The molecular formula is C13H26N2. The number of rotatable bonds is 1. The molecule has 2 fully saturated rings. The Balaban J connectivity index is 1.90. The first-order chi connectivity index (χ1) is 7.27. The summed E-state index contributed by atoms with van der Waals surface area (Å²) in [6.45, 7) is 8.52. The van der Waals surface area contributed by atoms with Crippen molar-refractivity contribution < 1.29 is 0 Å². The van der Waals surface area contributed by atoms with Crippen LogP contribution in [0.5, 0.6) is 0 Å². The molecule has 0 aromatic heterocycles. The van der Waals surface area contributed by atoms with Crippen molar-refractivity contribution in [2.75, 3.05) is 19.6 Å². The maximum absolute atomic E-state index is 3.59. The van der Waals surface area contributed by atoms with Gasteiger partial charge in [0.05, 0.1) is 0 Å². The Morgan fingerprint density at radius 2 is 1.80 bits per heavy atom. The number of nitrogens with one attached hydrogen (secondary N) is 1. The number of nitrogens with zero attached hydrogens (tertiary/aromatic N) is 1. The van der Waals surface area contributed by atoms with E-state index in [0.717, 1.165) is 12.0 Å². The molecule has 88 valence electrons. The lowest BCUT2D eigenvalue weighted by molar-refractivity contribution is 0.118. The van der Waals surface area contributed by atoms with Gasteiger partial charge in [0, 0.05) is 25.2 Å². The van der Waals surface area contributed by atoms with Gasteiger partial charge in [-0.15, -0.1) is 0 Å². The quantitative estimate of drug-likeness (QED) is 0.714. The van der Waals surface area contributed by atoms with E-state index < -0.39 is 0 Å². The van der Waals surface area contributed by atoms with Crippen molar-refractivity contribution in [1.29, 1.82) is 0 Å². The second kappa shape index (κ2) is 5.31. The van der Waals surface area contributed by atoms with Crippen LogP contribution in [0.4, 0.5) is 0 Å². The third-order valence-corrected chi connectivity index (χ3v) is 4.28. The van der Waals surface area contributed by atoms with Gasteiger partial charge in [0.15, 0.2) is 0 Å². The lowest BCUT2D eigenvalue weighted by Crippen LogP contribution is -2.43. The van der Waals surface area contributed by atoms with E-state index in [0.29, 0.717) is 6.04 Å². The van der Waals surface area contributed by atoms with Crippen LogP contribution in [0.2, 0.25) is 0 Å². The Hall–Kier alpha value is -0.0800. The Bertz CT molecular complexity index is 193. The summed E-state index contributed by atoms with van der Waals surface area (Å²) in [5.41, 5.74) is 0. The average molecular weight is 210 g/mol. The van der Waals surface area contributed by atoms with Gasteiger partial charge in [-0.3, -0.25) is 4.90 Å². The second-order valence-corrected chi connectivity index (χ2v) is 5.51. The molecule has 1 aliphatic heterocycles. The second-order valence-electron chi connectivity index (χ2n) is 5.51. The molecule has 0 aromatic rings. The molecule has 0 bridgehead atoms. The fraction of sp³-hybridized carbons (Fsp3) is 1.00. The third-order valence-electron chi connectivity index (χ3n) is 4.28. The van der Waals surface area contributed by atoms with Gasteiger partial charge in [-0.2, -0.15) is 0 Å². The Morgan fingerprint density at radius 3 is 2.60 bits per heavy atom. The monoisotopic (exact) mass is 210 g/mol. The van der Waals surface area contributed by atoms with Crippen LogP contribution in [-0.4, -0.2) is 36.6 Å². The normalized spacial score (nSPS) is 40.0. The molecule has 1 aliphatic carbocycles. The fourth-order valence-electron chi connectivity index (χ4n) is 3.20. The first-order valence-electron chi connectivity index (χ1n) is 6.75. The summed E-state index contributed by atoms with van der Waals surface area (Å²) in [6.07, 6.45) is 7.12. The summed E-state index contributed by atoms with van der Waals surface area (Å²) >= 11 is 0. The molecule has 3 atom stereocenters. The minimum atomic E-state index is 0.717. The summed E-state index contributed by atoms with van der Waals surface area (Å²) in [4.78, 5) is 2.75. The first kappa shape index (κ1) is 11.4. The van der Waals surface area contributed by atoms with Crippen molar-refractivity contribution in [2.45, 2.75) is 58.0 Å². The maximum Gasteiger partial charge on any atom is 0.0121 e. The van der Waals surface area contributed by atoms with Crippen molar-refractivity contribution in [3.05, 3.63) is 0 Å². The van der Waals surface area contributed by atoms with Crippen LogP contribution in [0.3, 0.4) is 0 Å². The molecule has 2 nitrogen and oxygen atoms in total. The third kappa shape index (κ3) is 2.94. The van der Waals surface area contributed by atoms with Crippen molar-refractivity contribution in [3.63, 3.8) is 0 Å². The first-order valence-corrected chi connectivity index (χ1v) is 6.75. The van der Waals surface area contributed by atoms with E-state index in [1.54, 1.807) is 0 Å². The molecule has 3 unspecified atom stereocenters. The molecule has 2 rings (SSSR count). The van der Waals surface area contributed by atoms with Crippen LogP contribution >= 0.6 is 0 Å². The van der Waals surface area contributed by atoms with Crippen molar-refractivity contribution in [1.82, 2.24) is 10.2 Å². The van der Waals surface area contributed by atoms with Gasteiger partial charge >= 0.3 is 0 Å². The highest BCUT2D eigenvalue weighted by Crippen LogP contribution is 2.28. The van der Waals surface area contributed by atoms with Crippen LogP contribution in [0, 0.1) is 5.92 Å². The van der Waals surface area contributed by atoms with Crippen molar-refractivity contribution in [2.24, 2.45) is 5.92 Å². The highest BCUT2D eigenvalue weighted by Gasteiger charge is 2.27. The highest BCUT2D eigenvalue weighted by atomic mass is 15.2. The molecule has 0 radical (unpaired) electrons. The van der Waals surface area contributed by atoms with E-state index in [1.165, 1.54) is 51.7 Å². The number of hydrogen-bond acceptors (Lipinski definition) is 2. The van der Waals surface area contributed by atoms with Gasteiger partial charge in [-0.1, -0.05) is 19.8 Å². The summed E-state index contributed by atoms with van der Waals surface area (Å²) in [6, 6.07) is 1.60. The zero-order valence-electron chi connectivity index (χ0n) is 10.3. The zero-order valence-corrected chi connectivity index (χ0v) is 10.3. The van der Waals surface area contributed by atoms with E-state index in [2.05, 4.69) is 24.1 Å². The fourth-order valence-corrected chi connectivity index (χ4v) is 3.20. The predicted molar refractivity (Wildman–Crippen MR) is 65.1 cm³/mol. The van der Waals surface area contributed by atoms with Gasteiger partial charge in [0.25, 0.3) is 0 Å². The molecule has 2 heteroatoms. The van der Waals surface area contributed by atoms with E-state index in [1.807, 2.05) is 0 Å².